The number of rotatable bonds is 19. The summed E-state index contributed by atoms with van der Waals surface area (Å²) in [6, 6.07) is 1.42. The molecule has 0 aromatic rings. The van der Waals surface area contributed by atoms with Gasteiger partial charge in [-0.1, -0.05) is 108 Å². The molecule has 0 aliphatic heterocycles. The maximum Gasteiger partial charge on any atom is 0.0163 e. The Morgan fingerprint density at radius 1 is 0.410 bits per heavy atom. The van der Waals surface area contributed by atoms with Crippen LogP contribution >= 0.6 is 0 Å². The predicted octanol–water partition coefficient (Wildman–Crippen LogP) is 6.91. The van der Waals surface area contributed by atoms with Crippen molar-refractivity contribution in [2.45, 2.75) is 177 Å². The smallest absolute Gasteiger partial charge is 0.0163 e. The molecule has 242 valence electrons. The predicted molar refractivity (Wildman–Crippen MR) is 181 cm³/mol. The summed E-state index contributed by atoms with van der Waals surface area (Å²) in [5, 5.41) is 0. The molecule has 0 heterocycles. The highest BCUT2D eigenvalue weighted by molar-refractivity contribution is 4.64. The van der Waals surface area contributed by atoms with E-state index in [1.165, 1.54) is 64.2 Å². The topological polar surface area (TPSA) is 156 Å². The van der Waals surface area contributed by atoms with E-state index >= 15 is 0 Å². The molecule has 6 heteroatoms. The number of unbranched alkanes of at least 4 members (excludes halogenated alkanes) is 2. The Morgan fingerprint density at radius 2 is 0.744 bits per heavy atom. The Hall–Kier alpha value is -0.240. The third kappa shape index (κ3) is 51.0. The zero-order valence-electron chi connectivity index (χ0n) is 28.7. The number of hydrogen-bond acceptors (Lipinski definition) is 6. The minimum Gasteiger partial charge on any atom is -0.330 e. The molecule has 0 unspecified atom stereocenters. The minimum absolute atomic E-state index is 0.221. The van der Waals surface area contributed by atoms with Crippen LogP contribution in [0.15, 0.2) is 0 Å². The molecule has 0 radical (unpaired) electrons. The third-order valence-electron chi connectivity index (χ3n) is 6.38. The van der Waals surface area contributed by atoms with Crippen molar-refractivity contribution in [3.63, 3.8) is 0 Å². The summed E-state index contributed by atoms with van der Waals surface area (Å²) < 4.78 is 0. The third-order valence-corrected chi connectivity index (χ3v) is 6.38. The van der Waals surface area contributed by atoms with Gasteiger partial charge in [-0.3, -0.25) is 0 Å². The first-order valence-electron chi connectivity index (χ1n) is 16.6. The monoisotopic (exact) mass is 561 g/mol. The average molecular weight is 561 g/mol. The van der Waals surface area contributed by atoms with Crippen LogP contribution in [-0.2, 0) is 0 Å². The molecule has 4 atom stereocenters. The van der Waals surface area contributed by atoms with E-state index in [2.05, 4.69) is 69.2 Å². The van der Waals surface area contributed by atoms with Crippen LogP contribution in [0.3, 0.4) is 0 Å². The van der Waals surface area contributed by atoms with Gasteiger partial charge in [0.05, 0.1) is 0 Å². The van der Waals surface area contributed by atoms with Gasteiger partial charge in [-0.2, -0.15) is 0 Å². The molecule has 0 aliphatic carbocycles. The zero-order valence-corrected chi connectivity index (χ0v) is 28.7. The second-order valence-corrected chi connectivity index (χ2v) is 13.4. The Labute approximate surface area is 247 Å². The summed E-state index contributed by atoms with van der Waals surface area (Å²) >= 11 is 0. The van der Waals surface area contributed by atoms with Crippen molar-refractivity contribution in [2.75, 3.05) is 13.1 Å². The number of nitrogens with two attached hydrogens (primary N) is 6. The second kappa shape index (κ2) is 34.0. The van der Waals surface area contributed by atoms with Gasteiger partial charge in [0.25, 0.3) is 0 Å². The van der Waals surface area contributed by atoms with Gasteiger partial charge in [-0.05, 0) is 75.2 Å². The van der Waals surface area contributed by atoms with E-state index < -0.39 is 0 Å². The molecule has 0 spiro atoms. The van der Waals surface area contributed by atoms with Crippen LogP contribution < -0.4 is 34.4 Å². The molecule has 0 fully saturated rings. The molecule has 0 aromatic carbocycles. The van der Waals surface area contributed by atoms with Crippen LogP contribution in [0, 0.1) is 23.7 Å². The Morgan fingerprint density at radius 3 is 1.00 bits per heavy atom. The van der Waals surface area contributed by atoms with E-state index in [1.807, 2.05) is 0 Å². The largest absolute Gasteiger partial charge is 0.330 e. The van der Waals surface area contributed by atoms with Crippen molar-refractivity contribution in [1.29, 1.82) is 0 Å². The van der Waals surface area contributed by atoms with E-state index in [0.717, 1.165) is 37.0 Å². The van der Waals surface area contributed by atoms with Crippen molar-refractivity contribution < 1.29 is 0 Å². The van der Waals surface area contributed by atoms with Crippen molar-refractivity contribution in [1.82, 2.24) is 0 Å². The highest BCUT2D eigenvalue weighted by atomic mass is 14.7. The summed E-state index contributed by atoms with van der Waals surface area (Å²) in [5.74, 6) is 3.01. The maximum absolute atomic E-state index is 5.86. The Kier molecular flexibility index (Phi) is 39.8. The van der Waals surface area contributed by atoms with E-state index in [-0.39, 0.29) is 6.04 Å². The van der Waals surface area contributed by atoms with E-state index in [0.29, 0.717) is 37.1 Å². The minimum atomic E-state index is 0.221. The first-order valence-corrected chi connectivity index (χ1v) is 16.6. The number of hydrogen-bond donors (Lipinski definition) is 6. The first kappa shape index (κ1) is 45.7. The molecule has 6 nitrogen and oxygen atoms in total. The fourth-order valence-corrected chi connectivity index (χ4v) is 4.22. The van der Waals surface area contributed by atoms with Crippen molar-refractivity contribution in [2.24, 2.45) is 58.1 Å². The highest BCUT2D eigenvalue weighted by Gasteiger charge is 2.05. The lowest BCUT2D eigenvalue weighted by molar-refractivity contribution is 0.461. The molecule has 12 N–H and O–H groups in total. The van der Waals surface area contributed by atoms with Gasteiger partial charge in [-0.25, -0.2) is 0 Å². The summed E-state index contributed by atoms with van der Waals surface area (Å²) in [6.45, 7) is 23.5. The highest BCUT2D eigenvalue weighted by Crippen LogP contribution is 2.09. The lowest BCUT2D eigenvalue weighted by atomic mass is 10.0. The summed E-state index contributed by atoms with van der Waals surface area (Å²) in [6.07, 6.45) is 15.5. The van der Waals surface area contributed by atoms with Gasteiger partial charge in [0.2, 0.25) is 0 Å². The Balaban J connectivity index is -0.000000210. The van der Waals surface area contributed by atoms with Crippen molar-refractivity contribution >= 4 is 0 Å². The van der Waals surface area contributed by atoms with Crippen LogP contribution in [0.5, 0.6) is 0 Å². The van der Waals surface area contributed by atoms with Gasteiger partial charge >= 0.3 is 0 Å². The molecular weight excluding hydrogens is 480 g/mol. The fourth-order valence-electron chi connectivity index (χ4n) is 4.22. The first-order chi connectivity index (χ1) is 18.2. The van der Waals surface area contributed by atoms with Crippen LogP contribution in [-0.4, -0.2) is 37.3 Å². The standard InChI is InChI=1S/2C9H21N.C8H20N2.C7H18N2/c2*1-4-5-6-9(10)7-8(2)3;1-7(2)4-3-5-8(10)6-9;1-6(2)5-7(9)3-4-8/h2*8-9H,4-7,10H2,1-3H3;7-8H,3-6,9-10H2,1-2H3;6-7H,3-5,8-9H2,1-2H3/t2*9-;8-;7-/m1000/s1. The molecule has 0 bridgehead atoms. The summed E-state index contributed by atoms with van der Waals surface area (Å²) in [7, 11) is 0. The van der Waals surface area contributed by atoms with Crippen LogP contribution in [0.25, 0.3) is 0 Å². The van der Waals surface area contributed by atoms with Crippen LogP contribution in [0.1, 0.15) is 153 Å². The zero-order chi connectivity index (χ0) is 31.2. The van der Waals surface area contributed by atoms with Gasteiger partial charge in [0.15, 0.2) is 0 Å². The van der Waals surface area contributed by atoms with Crippen LogP contribution in [0.4, 0.5) is 0 Å². The lowest BCUT2D eigenvalue weighted by Gasteiger charge is -2.12. The molecule has 0 saturated carbocycles. The lowest BCUT2D eigenvalue weighted by Crippen LogP contribution is -2.29. The van der Waals surface area contributed by atoms with Crippen molar-refractivity contribution in [3.05, 3.63) is 0 Å². The SMILES string of the molecule is CC(C)CCC[C@H](N)CN.CC(C)C[C@@H](N)CCN.CCCC[C@@H](N)CC(C)C.CCCC[C@H](N)CC(C)C. The van der Waals surface area contributed by atoms with E-state index in [4.69, 9.17) is 34.4 Å². The normalized spacial score (nSPS) is 14.2. The van der Waals surface area contributed by atoms with Crippen LogP contribution in [0.2, 0.25) is 0 Å². The Bertz CT molecular complexity index is 408. The molecule has 39 heavy (non-hydrogen) atoms. The van der Waals surface area contributed by atoms with Gasteiger partial charge in [0.1, 0.15) is 0 Å². The molecule has 0 aliphatic rings. The molecule has 0 saturated heterocycles. The van der Waals surface area contributed by atoms with Gasteiger partial charge in [0, 0.05) is 30.7 Å². The molecule has 0 amide bonds. The van der Waals surface area contributed by atoms with Gasteiger partial charge < -0.3 is 34.4 Å². The van der Waals surface area contributed by atoms with Crippen molar-refractivity contribution in [3.8, 4) is 0 Å². The molecule has 0 rings (SSSR count). The summed E-state index contributed by atoms with van der Waals surface area (Å²) in [4.78, 5) is 0. The molecular formula is C33H80N6. The maximum atomic E-state index is 5.86. The summed E-state index contributed by atoms with van der Waals surface area (Å²) in [5.41, 5.74) is 33.7. The van der Waals surface area contributed by atoms with Gasteiger partial charge in [-0.15, -0.1) is 0 Å². The molecule has 0 aromatic heterocycles. The van der Waals surface area contributed by atoms with E-state index in [9.17, 15) is 0 Å². The average Bonchev–Trinajstić information content (AvgIpc) is 2.81. The quantitative estimate of drug-likeness (QED) is 0.101. The second-order valence-electron chi connectivity index (χ2n) is 13.4. The van der Waals surface area contributed by atoms with E-state index in [1.54, 1.807) is 0 Å². The fraction of sp³-hybridized carbons (Fsp3) is 1.00.